The van der Waals surface area contributed by atoms with Gasteiger partial charge in [-0.15, -0.1) is 18.3 Å². The number of aliphatic hydroxyl groups excluding tert-OH is 1. The van der Waals surface area contributed by atoms with Gasteiger partial charge < -0.3 is 9.84 Å². The highest BCUT2D eigenvalue weighted by molar-refractivity contribution is 8.15. The van der Waals surface area contributed by atoms with E-state index < -0.39 is 18.3 Å². The van der Waals surface area contributed by atoms with E-state index in [0.29, 0.717) is 16.7 Å². The summed E-state index contributed by atoms with van der Waals surface area (Å²) in [7, 11) is 0. The molecule has 1 amide bonds. The number of thioether (sulfide) groups is 1. The van der Waals surface area contributed by atoms with E-state index in [2.05, 4.69) is 25.1 Å². The highest BCUT2D eigenvalue weighted by Crippen LogP contribution is 2.46. The van der Waals surface area contributed by atoms with Crippen LogP contribution in [0.3, 0.4) is 0 Å². The molecule has 1 unspecified atom stereocenters. The lowest BCUT2D eigenvalue weighted by atomic mass is 10.0. The summed E-state index contributed by atoms with van der Waals surface area (Å²) < 4.78 is 42.7. The standard InChI is InChI=1S/C31H29F3N6O3S/c1-18-14-19(2)26(20(3)15-18)40-25(41)16-44-29(40)36-28(42)37-30(12-13-30)22-6-4-21(5-7-22)27-35-17-39(38-27)23-8-10-24(11-9-23)43-31(32,33)34/h4-11,14-15,17,28,37,42H,12-13,16H2,1-3H3/b36-29-. The Morgan fingerprint density at radius 2 is 1.70 bits per heavy atom. The molecule has 44 heavy (non-hydrogen) atoms. The maximum atomic E-state index is 12.8. The van der Waals surface area contributed by atoms with Crippen molar-refractivity contribution < 1.29 is 27.8 Å². The number of nitrogens with zero attached hydrogens (tertiary/aromatic N) is 5. The van der Waals surface area contributed by atoms with E-state index >= 15 is 0 Å². The van der Waals surface area contributed by atoms with Crippen LogP contribution in [0.15, 0.2) is 72.0 Å². The van der Waals surface area contributed by atoms with Crippen molar-refractivity contribution in [2.24, 2.45) is 4.99 Å². The second-order valence-electron chi connectivity index (χ2n) is 10.9. The monoisotopic (exact) mass is 622 g/mol. The number of aryl methyl sites for hydroxylation is 3. The number of aromatic nitrogens is 3. The molecule has 1 atom stereocenters. The fourth-order valence-electron chi connectivity index (χ4n) is 5.49. The van der Waals surface area contributed by atoms with Crippen molar-refractivity contribution in [2.45, 2.75) is 51.9 Å². The van der Waals surface area contributed by atoms with E-state index in [9.17, 15) is 23.1 Å². The molecule has 228 valence electrons. The van der Waals surface area contributed by atoms with Gasteiger partial charge in [0.1, 0.15) is 12.1 Å². The second kappa shape index (κ2) is 11.4. The fraction of sp³-hybridized carbons (Fsp3) is 0.290. The number of amides is 1. The van der Waals surface area contributed by atoms with Crippen molar-refractivity contribution in [3.05, 3.63) is 89.2 Å². The number of halogens is 3. The van der Waals surface area contributed by atoms with E-state index in [1.807, 2.05) is 57.2 Å². The molecule has 1 aromatic heterocycles. The Balaban J connectivity index is 1.14. The van der Waals surface area contributed by atoms with Gasteiger partial charge in [-0.1, -0.05) is 53.7 Å². The maximum absolute atomic E-state index is 12.8. The van der Waals surface area contributed by atoms with Crippen LogP contribution >= 0.6 is 11.8 Å². The van der Waals surface area contributed by atoms with Gasteiger partial charge in [0.05, 0.1) is 17.1 Å². The summed E-state index contributed by atoms with van der Waals surface area (Å²) in [6.45, 7) is 5.95. The molecule has 9 nitrogen and oxygen atoms in total. The lowest BCUT2D eigenvalue weighted by molar-refractivity contribution is -0.274. The Morgan fingerprint density at radius 1 is 1.05 bits per heavy atom. The van der Waals surface area contributed by atoms with E-state index in [1.165, 1.54) is 47.0 Å². The van der Waals surface area contributed by atoms with Gasteiger partial charge in [-0.05, 0) is 74.6 Å². The van der Waals surface area contributed by atoms with Gasteiger partial charge in [0.25, 0.3) is 0 Å². The zero-order valence-electron chi connectivity index (χ0n) is 24.1. The first-order valence-electron chi connectivity index (χ1n) is 13.9. The summed E-state index contributed by atoms with van der Waals surface area (Å²) in [4.78, 5) is 23.3. The first-order chi connectivity index (χ1) is 20.9. The van der Waals surface area contributed by atoms with Crippen LogP contribution in [0.25, 0.3) is 17.1 Å². The van der Waals surface area contributed by atoms with Gasteiger partial charge in [-0.25, -0.2) is 14.7 Å². The Kier molecular flexibility index (Phi) is 7.72. The Bertz CT molecular complexity index is 1710. The van der Waals surface area contributed by atoms with Crippen molar-refractivity contribution in [3.63, 3.8) is 0 Å². The minimum absolute atomic E-state index is 0.0729. The molecule has 3 aromatic carbocycles. The van der Waals surface area contributed by atoms with Crippen LogP contribution in [-0.4, -0.2) is 49.4 Å². The number of ether oxygens (including phenoxy) is 1. The molecule has 1 aliphatic heterocycles. The Morgan fingerprint density at radius 3 is 2.32 bits per heavy atom. The van der Waals surface area contributed by atoms with Crippen molar-refractivity contribution in [1.29, 1.82) is 0 Å². The van der Waals surface area contributed by atoms with Gasteiger partial charge in [0.15, 0.2) is 11.0 Å². The van der Waals surface area contributed by atoms with E-state index in [0.717, 1.165) is 46.3 Å². The van der Waals surface area contributed by atoms with Crippen molar-refractivity contribution >= 4 is 28.5 Å². The predicted octanol–water partition coefficient (Wildman–Crippen LogP) is 5.75. The number of alkyl halides is 3. The molecule has 0 radical (unpaired) electrons. The largest absolute Gasteiger partial charge is 0.573 e. The summed E-state index contributed by atoms with van der Waals surface area (Å²) in [6, 6.07) is 17.1. The zero-order valence-corrected chi connectivity index (χ0v) is 24.9. The number of carbonyl (C=O) groups is 1. The molecule has 2 heterocycles. The average Bonchev–Trinajstić information content (AvgIpc) is 3.40. The number of nitrogens with one attached hydrogen (secondary N) is 1. The molecule has 2 fully saturated rings. The predicted molar refractivity (Wildman–Crippen MR) is 162 cm³/mol. The van der Waals surface area contributed by atoms with Crippen LogP contribution in [0.1, 0.15) is 35.1 Å². The normalized spacial score (nSPS) is 17.8. The average molecular weight is 623 g/mol. The summed E-state index contributed by atoms with van der Waals surface area (Å²) in [5.41, 5.74) is 5.65. The van der Waals surface area contributed by atoms with Gasteiger partial charge in [0, 0.05) is 11.1 Å². The maximum Gasteiger partial charge on any atom is 0.573 e. The lowest BCUT2D eigenvalue weighted by Crippen LogP contribution is -2.39. The van der Waals surface area contributed by atoms with E-state index in [-0.39, 0.29) is 17.4 Å². The summed E-state index contributed by atoms with van der Waals surface area (Å²) in [6.07, 6.45) is -2.88. The van der Waals surface area contributed by atoms with Gasteiger partial charge in [-0.3, -0.25) is 15.0 Å². The first kappa shape index (κ1) is 29.9. The first-order valence-corrected chi connectivity index (χ1v) is 14.9. The molecule has 1 saturated carbocycles. The smallest absolute Gasteiger partial charge is 0.406 e. The van der Waals surface area contributed by atoms with Crippen LogP contribution in [0.4, 0.5) is 18.9 Å². The molecular weight excluding hydrogens is 593 g/mol. The number of aliphatic hydroxyl groups is 1. The number of anilines is 1. The van der Waals surface area contributed by atoms with Crippen molar-refractivity contribution in [1.82, 2.24) is 20.1 Å². The molecule has 6 rings (SSSR count). The minimum atomic E-state index is -4.76. The number of rotatable bonds is 8. The Labute approximate surface area is 255 Å². The highest BCUT2D eigenvalue weighted by Gasteiger charge is 2.46. The van der Waals surface area contributed by atoms with E-state index in [1.54, 1.807) is 4.90 Å². The molecular formula is C31H29F3N6O3S. The van der Waals surface area contributed by atoms with Gasteiger partial charge in [-0.2, -0.15) is 0 Å². The molecule has 1 aliphatic carbocycles. The van der Waals surface area contributed by atoms with Crippen LogP contribution in [-0.2, 0) is 10.3 Å². The zero-order chi connectivity index (χ0) is 31.2. The number of hydrogen-bond acceptors (Lipinski definition) is 8. The number of amidine groups is 1. The third-order valence-corrected chi connectivity index (χ3v) is 8.47. The van der Waals surface area contributed by atoms with Crippen LogP contribution in [0.2, 0.25) is 0 Å². The summed E-state index contributed by atoms with van der Waals surface area (Å²) in [5, 5.41) is 19.1. The molecule has 2 N–H and O–H groups in total. The Hall–Kier alpha value is -4.20. The van der Waals surface area contributed by atoms with Gasteiger partial charge in [0.2, 0.25) is 12.3 Å². The number of hydrogen-bond donors (Lipinski definition) is 2. The quantitative estimate of drug-likeness (QED) is 0.241. The molecule has 1 saturated heterocycles. The molecule has 0 bridgehead atoms. The van der Waals surface area contributed by atoms with Crippen LogP contribution < -0.4 is 15.0 Å². The number of benzene rings is 3. The lowest BCUT2D eigenvalue weighted by Gasteiger charge is -2.24. The second-order valence-corrected chi connectivity index (χ2v) is 11.9. The van der Waals surface area contributed by atoms with Crippen molar-refractivity contribution in [3.8, 4) is 22.8 Å². The molecule has 0 spiro atoms. The number of aliphatic imine (C=N–C) groups is 1. The molecule has 13 heteroatoms. The molecule has 4 aromatic rings. The van der Waals surface area contributed by atoms with Crippen LogP contribution in [0.5, 0.6) is 5.75 Å². The summed E-state index contributed by atoms with van der Waals surface area (Å²) >= 11 is 1.31. The van der Waals surface area contributed by atoms with E-state index in [4.69, 9.17) is 0 Å². The fourth-order valence-corrected chi connectivity index (χ4v) is 6.36. The highest BCUT2D eigenvalue weighted by atomic mass is 32.2. The molecule has 2 aliphatic rings. The topological polar surface area (TPSA) is 105 Å². The van der Waals surface area contributed by atoms with Crippen LogP contribution in [0, 0.1) is 20.8 Å². The third-order valence-electron chi connectivity index (χ3n) is 7.53. The number of carbonyl (C=O) groups excluding carboxylic acids is 1. The van der Waals surface area contributed by atoms with Gasteiger partial charge >= 0.3 is 6.36 Å². The van der Waals surface area contributed by atoms with Crippen molar-refractivity contribution in [2.75, 3.05) is 10.7 Å². The minimum Gasteiger partial charge on any atom is -0.406 e. The summed E-state index contributed by atoms with van der Waals surface area (Å²) in [5.74, 6) is 0.310. The SMILES string of the molecule is Cc1cc(C)c(N2C(=O)CS/C2=N\C(O)NC2(c3ccc(-c4ncn(-c5ccc(OC(F)(F)F)cc5)n4)cc3)CC2)c(C)c1. The third kappa shape index (κ3) is 6.21.